The second-order valence-corrected chi connectivity index (χ2v) is 11.1. The molecule has 0 spiro atoms. The maximum absolute atomic E-state index is 5.96. The van der Waals surface area contributed by atoms with Gasteiger partial charge in [0.2, 0.25) is 0 Å². The predicted octanol–water partition coefficient (Wildman–Crippen LogP) is 6.39. The van der Waals surface area contributed by atoms with Crippen molar-refractivity contribution < 1.29 is 13.3 Å². The molecular weight excluding hydrogens is 392 g/mol. The molecule has 1 rings (SSSR count). The van der Waals surface area contributed by atoms with Gasteiger partial charge in [0.1, 0.15) is 0 Å². The summed E-state index contributed by atoms with van der Waals surface area (Å²) in [6.07, 6.45) is 19.5. The van der Waals surface area contributed by atoms with Gasteiger partial charge in [0.15, 0.2) is 0 Å². The Kier molecular flexibility index (Phi) is 16.5. The van der Waals surface area contributed by atoms with E-state index in [1.165, 1.54) is 70.8 Å². The van der Waals surface area contributed by atoms with Gasteiger partial charge in [-0.3, -0.25) is 0 Å². The number of rotatable bonds is 21. The van der Waals surface area contributed by atoms with Crippen LogP contribution >= 0.6 is 0 Å². The highest BCUT2D eigenvalue weighted by Crippen LogP contribution is 2.19. The second kappa shape index (κ2) is 18.1. The van der Waals surface area contributed by atoms with Crippen LogP contribution in [0.2, 0.25) is 6.04 Å². The third kappa shape index (κ3) is 12.3. The summed E-state index contributed by atoms with van der Waals surface area (Å²) in [4.78, 5) is 4.85. The first-order valence-corrected chi connectivity index (χ1v) is 14.7. The first kappa shape index (κ1) is 27.5. The standard InChI is InChI=1S/C24H50N2O3Si/c1-5-9-10-11-12-13-14-15-16-17-19-25-21-22-26(24-25)20-18-23-30(27-6-2,28-7-3)29-8-4/h21-22H,5-20,23-24H2,1-4H3. The van der Waals surface area contributed by atoms with Crippen LogP contribution in [0.25, 0.3) is 0 Å². The van der Waals surface area contributed by atoms with Gasteiger partial charge in [-0.05, 0) is 33.6 Å². The Balaban J connectivity index is 2.09. The van der Waals surface area contributed by atoms with Gasteiger partial charge in [0, 0.05) is 51.4 Å². The predicted molar refractivity (Wildman–Crippen MR) is 129 cm³/mol. The van der Waals surface area contributed by atoms with Crippen molar-refractivity contribution in [3.8, 4) is 0 Å². The lowest BCUT2D eigenvalue weighted by Gasteiger charge is -2.29. The lowest BCUT2D eigenvalue weighted by Crippen LogP contribution is -2.46. The van der Waals surface area contributed by atoms with Gasteiger partial charge >= 0.3 is 8.80 Å². The zero-order chi connectivity index (χ0) is 21.9. The molecule has 178 valence electrons. The minimum absolute atomic E-state index is 0.655. The highest BCUT2D eigenvalue weighted by molar-refractivity contribution is 6.60. The van der Waals surface area contributed by atoms with Gasteiger partial charge in [-0.1, -0.05) is 64.7 Å². The molecule has 1 aliphatic rings. The average Bonchev–Trinajstić information content (AvgIpc) is 3.17. The third-order valence-corrected chi connectivity index (χ3v) is 8.82. The number of nitrogens with zero attached hydrogens (tertiary/aromatic N) is 2. The van der Waals surface area contributed by atoms with Crippen molar-refractivity contribution in [1.29, 1.82) is 0 Å². The molecule has 0 amide bonds. The van der Waals surface area contributed by atoms with E-state index in [9.17, 15) is 0 Å². The topological polar surface area (TPSA) is 34.2 Å². The highest BCUT2D eigenvalue weighted by Gasteiger charge is 2.39. The molecule has 0 aromatic heterocycles. The summed E-state index contributed by atoms with van der Waals surface area (Å²) in [5.74, 6) is 0. The molecule has 30 heavy (non-hydrogen) atoms. The van der Waals surface area contributed by atoms with E-state index >= 15 is 0 Å². The minimum atomic E-state index is -2.50. The molecule has 0 atom stereocenters. The second-order valence-electron chi connectivity index (χ2n) is 8.33. The van der Waals surface area contributed by atoms with Crippen molar-refractivity contribution in [3.63, 3.8) is 0 Å². The van der Waals surface area contributed by atoms with E-state index in [2.05, 4.69) is 29.1 Å². The fourth-order valence-corrected chi connectivity index (χ4v) is 6.70. The molecule has 6 heteroatoms. The smallest absolute Gasteiger partial charge is 0.374 e. The quantitative estimate of drug-likeness (QED) is 0.152. The molecule has 0 saturated heterocycles. The summed E-state index contributed by atoms with van der Waals surface area (Å²) in [5, 5.41) is 0. The van der Waals surface area contributed by atoms with Crippen LogP contribution in [0.1, 0.15) is 98.3 Å². The van der Waals surface area contributed by atoms with Gasteiger partial charge in [0.25, 0.3) is 0 Å². The fraction of sp³-hybridized carbons (Fsp3) is 0.917. The largest absolute Gasteiger partial charge is 0.500 e. The van der Waals surface area contributed by atoms with Crippen molar-refractivity contribution in [2.24, 2.45) is 0 Å². The van der Waals surface area contributed by atoms with Crippen LogP contribution in [0.4, 0.5) is 0 Å². The van der Waals surface area contributed by atoms with Gasteiger partial charge < -0.3 is 23.1 Å². The molecule has 0 aliphatic carbocycles. The SMILES string of the molecule is CCCCCCCCCCCCN1C=CN(CCC[Si](OCC)(OCC)OCC)C1. The summed E-state index contributed by atoms with van der Waals surface area (Å²) in [5.41, 5.74) is 0. The number of hydrogen-bond donors (Lipinski definition) is 0. The lowest BCUT2D eigenvalue weighted by molar-refractivity contribution is 0.0701. The zero-order valence-corrected chi connectivity index (χ0v) is 21.5. The first-order chi connectivity index (χ1) is 14.7. The Morgan fingerprint density at radius 1 is 0.600 bits per heavy atom. The van der Waals surface area contributed by atoms with Gasteiger partial charge in [-0.15, -0.1) is 0 Å². The molecule has 0 aromatic carbocycles. The Labute approximate surface area is 188 Å². The van der Waals surface area contributed by atoms with Crippen molar-refractivity contribution >= 4 is 8.80 Å². The molecular formula is C24H50N2O3Si. The average molecular weight is 443 g/mol. The third-order valence-electron chi connectivity index (χ3n) is 5.67. The molecule has 0 unspecified atom stereocenters. The molecule has 1 aliphatic heterocycles. The maximum Gasteiger partial charge on any atom is 0.500 e. The zero-order valence-electron chi connectivity index (χ0n) is 20.5. The Morgan fingerprint density at radius 2 is 1.03 bits per heavy atom. The van der Waals surface area contributed by atoms with E-state index in [4.69, 9.17) is 13.3 Å². The summed E-state index contributed by atoms with van der Waals surface area (Å²) in [7, 11) is -2.50. The Bertz CT molecular complexity index is 406. The van der Waals surface area contributed by atoms with E-state index in [0.717, 1.165) is 25.7 Å². The molecule has 0 radical (unpaired) electrons. The Hall–Kier alpha value is -0.563. The summed E-state index contributed by atoms with van der Waals surface area (Å²) in [6.45, 7) is 13.6. The van der Waals surface area contributed by atoms with Crippen molar-refractivity contribution in [1.82, 2.24) is 9.80 Å². The van der Waals surface area contributed by atoms with Gasteiger partial charge in [-0.25, -0.2) is 0 Å². The van der Waals surface area contributed by atoms with E-state index < -0.39 is 8.80 Å². The summed E-state index contributed by atoms with van der Waals surface area (Å²) in [6, 6.07) is 0.894. The fourth-order valence-electron chi connectivity index (χ4n) is 4.11. The number of unbranched alkanes of at least 4 members (excludes halogenated alkanes) is 9. The van der Waals surface area contributed by atoms with Crippen molar-refractivity contribution in [3.05, 3.63) is 12.4 Å². The van der Waals surface area contributed by atoms with Crippen LogP contribution in [0.5, 0.6) is 0 Å². The van der Waals surface area contributed by atoms with Crippen LogP contribution in [-0.4, -0.2) is 58.2 Å². The monoisotopic (exact) mass is 442 g/mol. The van der Waals surface area contributed by atoms with Crippen LogP contribution in [0.3, 0.4) is 0 Å². The van der Waals surface area contributed by atoms with Crippen molar-refractivity contribution in [2.75, 3.05) is 39.6 Å². The molecule has 0 bridgehead atoms. The van der Waals surface area contributed by atoms with E-state index in [1.54, 1.807) is 0 Å². The molecule has 0 saturated carbocycles. The van der Waals surface area contributed by atoms with Crippen molar-refractivity contribution in [2.45, 2.75) is 104 Å². The van der Waals surface area contributed by atoms with E-state index in [0.29, 0.717) is 19.8 Å². The summed E-state index contributed by atoms with van der Waals surface area (Å²) >= 11 is 0. The lowest BCUT2D eigenvalue weighted by atomic mass is 10.1. The molecule has 0 aromatic rings. The molecule has 5 nitrogen and oxygen atoms in total. The molecule has 0 N–H and O–H groups in total. The normalized spacial score (nSPS) is 14.3. The molecule has 1 heterocycles. The van der Waals surface area contributed by atoms with Gasteiger partial charge in [0.05, 0.1) is 6.67 Å². The van der Waals surface area contributed by atoms with Crippen LogP contribution in [0.15, 0.2) is 12.4 Å². The van der Waals surface area contributed by atoms with Gasteiger partial charge in [-0.2, -0.15) is 0 Å². The first-order valence-electron chi connectivity index (χ1n) is 12.8. The van der Waals surface area contributed by atoms with Crippen LogP contribution < -0.4 is 0 Å². The van der Waals surface area contributed by atoms with E-state index in [-0.39, 0.29) is 0 Å². The molecule has 0 fully saturated rings. The number of hydrogen-bond acceptors (Lipinski definition) is 5. The minimum Gasteiger partial charge on any atom is -0.374 e. The van der Waals surface area contributed by atoms with Crippen LogP contribution in [-0.2, 0) is 13.3 Å². The van der Waals surface area contributed by atoms with Crippen LogP contribution in [0, 0.1) is 0 Å². The van der Waals surface area contributed by atoms with E-state index in [1.807, 2.05) is 20.8 Å². The summed E-state index contributed by atoms with van der Waals surface area (Å²) < 4.78 is 17.9. The Morgan fingerprint density at radius 3 is 1.50 bits per heavy atom. The maximum atomic E-state index is 5.96. The highest BCUT2D eigenvalue weighted by atomic mass is 28.4.